The fourth-order valence-corrected chi connectivity index (χ4v) is 20.4. The first-order valence-corrected chi connectivity index (χ1v) is 40.7. The van der Waals surface area contributed by atoms with Crippen LogP contribution in [-0.2, 0) is 0 Å². The van der Waals surface area contributed by atoms with Crippen molar-refractivity contribution in [1.82, 2.24) is 17.6 Å². The molecule has 0 radical (unpaired) electrons. The minimum absolute atomic E-state index is 1.13. The Bertz CT molecular complexity index is 7880. The van der Waals surface area contributed by atoms with Crippen molar-refractivity contribution in [2.45, 2.75) is 13.8 Å². The first-order chi connectivity index (χ1) is 58.5. The van der Waals surface area contributed by atoms with Gasteiger partial charge in [0.2, 0.25) is 0 Å². The van der Waals surface area contributed by atoms with Gasteiger partial charge in [0.25, 0.3) is 0 Å². The number of anilines is 12. The maximum atomic E-state index is 2.53. The molecule has 26 aromatic rings. The van der Waals surface area contributed by atoms with Crippen LogP contribution in [0.2, 0.25) is 0 Å². The van der Waals surface area contributed by atoms with E-state index in [1.807, 2.05) is 0 Å². The minimum atomic E-state index is 1.13. The van der Waals surface area contributed by atoms with Crippen LogP contribution in [0, 0.1) is 13.8 Å². The Morgan fingerprint density at radius 3 is 0.602 bits per heavy atom. The lowest BCUT2D eigenvalue weighted by molar-refractivity contribution is 1.26. The largest absolute Gasteiger partial charge is 0.310 e. The Labute approximate surface area is 678 Å². The van der Waals surface area contributed by atoms with Crippen LogP contribution in [0.25, 0.3) is 152 Å². The molecule has 8 heteroatoms. The van der Waals surface area contributed by atoms with Crippen LogP contribution in [0.1, 0.15) is 11.1 Å². The highest BCUT2D eigenvalue weighted by Crippen LogP contribution is 2.55. The molecule has 0 atom stereocenters. The van der Waals surface area contributed by atoms with Crippen molar-refractivity contribution >= 4 is 221 Å². The van der Waals surface area contributed by atoms with Crippen molar-refractivity contribution in [3.8, 4) is 0 Å². The molecule has 18 aromatic carbocycles. The summed E-state index contributed by atoms with van der Waals surface area (Å²) in [5.41, 5.74) is 31.2. The number of fused-ring (bicyclic) bond motifs is 24. The van der Waals surface area contributed by atoms with E-state index >= 15 is 0 Å². The Morgan fingerprint density at radius 1 is 0.153 bits per heavy atom. The van der Waals surface area contributed by atoms with Gasteiger partial charge in [-0.3, -0.25) is 0 Å². The van der Waals surface area contributed by atoms with Crippen molar-refractivity contribution < 1.29 is 0 Å². The summed E-state index contributed by atoms with van der Waals surface area (Å²) in [5, 5.41) is 20.2. The highest BCUT2D eigenvalue weighted by Gasteiger charge is 2.32. The third-order valence-electron chi connectivity index (χ3n) is 25.3. The smallest absolute Gasteiger partial charge is 0.0641 e. The van der Waals surface area contributed by atoms with E-state index < -0.39 is 0 Å². The van der Waals surface area contributed by atoms with Crippen LogP contribution in [0.15, 0.2) is 400 Å². The summed E-state index contributed by atoms with van der Waals surface area (Å²) in [5.74, 6) is 0. The summed E-state index contributed by atoms with van der Waals surface area (Å²) in [6.07, 6.45) is 0. The summed E-state index contributed by atoms with van der Waals surface area (Å²) in [7, 11) is 0. The highest BCUT2D eigenvalue weighted by molar-refractivity contribution is 6.35. The van der Waals surface area contributed by atoms with Gasteiger partial charge in [0.05, 0.1) is 88.9 Å². The van der Waals surface area contributed by atoms with Crippen molar-refractivity contribution in [2.24, 2.45) is 0 Å². The monoisotopic (exact) mass is 1500 g/mol. The number of aromatic nitrogens is 4. The average Bonchev–Trinajstić information content (AvgIpc) is 1.52. The van der Waals surface area contributed by atoms with E-state index in [1.165, 1.54) is 198 Å². The number of hydrogen-bond acceptors (Lipinski definition) is 4. The first kappa shape index (κ1) is 65.9. The summed E-state index contributed by atoms with van der Waals surface area (Å²) in [6, 6.07) is 146. The Hall–Kier alpha value is -15.6. The maximum absolute atomic E-state index is 2.53. The zero-order valence-corrected chi connectivity index (χ0v) is 64.7. The lowest BCUT2D eigenvalue weighted by atomic mass is 10.0. The van der Waals surface area contributed by atoms with Gasteiger partial charge in [0, 0.05) is 132 Å². The zero-order chi connectivity index (χ0) is 77.5. The van der Waals surface area contributed by atoms with E-state index in [4.69, 9.17) is 0 Å². The lowest BCUT2D eigenvalue weighted by Crippen LogP contribution is -2.11. The number of aryl methyl sites for hydroxylation is 2. The van der Waals surface area contributed by atoms with Crippen LogP contribution < -0.4 is 19.6 Å². The second kappa shape index (κ2) is 25.4. The fraction of sp³-hybridized carbons (Fsp3) is 0.0182. The SMILES string of the molecule is Cc1ccccc1N(c1ccccc1)c1ccc2c3cc4c(cc3n3c5ccccc5c1c23)c1ccc(N(c2ccccc2)c2ccccc2C)c2c3ccccc3n4c12.c1ccc(N(c2ccccc2)c2ccc3c4cc5c(cc4n4c6ccccc6c2c34)c2ccc(N(c3ccccc3)c3ccccc3)c3c4ccccc4n5c23)cc1. The number of benzene rings is 18. The Balaban J connectivity index is 0.000000132. The summed E-state index contributed by atoms with van der Waals surface area (Å²) in [6.45, 7) is 4.42. The molecule has 0 unspecified atom stereocenters. The third kappa shape index (κ3) is 9.30. The average molecular weight is 1510 g/mol. The standard InChI is InChI=1S/C56H38N4.C54H34N4/c1-35-17-9-13-25-45(35)57(37-19-5-3-6-20-37)49-31-29-39-43-33-52-44(34-51(43)59-47-27-15-11-23-41(47)53(49)55(39)59)40-30-32-50(54-42-24-12-16-28-48(42)60(52)56(40)54)58(38-21-7-4-8-22-38)46-26-14-10-18-36(46)2;1-5-17-35(18-6-1)55(36-19-7-2-8-20-36)47-31-29-39-43-33-50-44(34-49(43)57-45-27-15-13-25-41(45)51(47)53(39)57)40-30-32-48(52-42-26-14-16-28-46(42)58(50)54(40)52)56(37-21-9-3-10-22-37)38-23-11-4-12-24-38/h3-34H,1-2H3;1-34H. The molecule has 0 N–H and O–H groups in total. The van der Waals surface area contributed by atoms with Gasteiger partial charge in [0.15, 0.2) is 0 Å². The maximum Gasteiger partial charge on any atom is 0.0641 e. The van der Waals surface area contributed by atoms with Gasteiger partial charge < -0.3 is 37.2 Å². The molecule has 0 aliphatic carbocycles. The van der Waals surface area contributed by atoms with Crippen LogP contribution >= 0.6 is 0 Å². The van der Waals surface area contributed by atoms with E-state index in [0.29, 0.717) is 0 Å². The molecule has 8 heterocycles. The molecular formula is C110H72N8. The van der Waals surface area contributed by atoms with Crippen molar-refractivity contribution in [2.75, 3.05) is 19.6 Å². The molecule has 8 aromatic heterocycles. The molecular weight excluding hydrogens is 1430 g/mol. The van der Waals surface area contributed by atoms with Gasteiger partial charge in [0.1, 0.15) is 0 Å². The highest BCUT2D eigenvalue weighted by atomic mass is 15.2. The van der Waals surface area contributed by atoms with Crippen molar-refractivity contribution in [1.29, 1.82) is 0 Å². The summed E-state index contributed by atoms with van der Waals surface area (Å²) < 4.78 is 10.1. The molecule has 26 rings (SSSR count). The molecule has 0 saturated heterocycles. The van der Waals surface area contributed by atoms with Crippen molar-refractivity contribution in [3.05, 3.63) is 412 Å². The summed E-state index contributed by atoms with van der Waals surface area (Å²) in [4.78, 5) is 9.70. The zero-order valence-electron chi connectivity index (χ0n) is 64.7. The van der Waals surface area contributed by atoms with Crippen LogP contribution in [0.4, 0.5) is 68.2 Å². The van der Waals surface area contributed by atoms with E-state index in [9.17, 15) is 0 Å². The second-order valence-electron chi connectivity index (χ2n) is 31.5. The molecule has 0 aliphatic rings. The lowest BCUT2D eigenvalue weighted by Gasteiger charge is -2.28. The molecule has 0 aliphatic heterocycles. The molecule has 552 valence electrons. The predicted octanol–water partition coefficient (Wildman–Crippen LogP) is 30.5. The Morgan fingerprint density at radius 2 is 0.356 bits per heavy atom. The predicted molar refractivity (Wildman–Crippen MR) is 500 cm³/mol. The number of para-hydroxylation sites is 12. The molecule has 0 fully saturated rings. The van der Waals surface area contributed by atoms with Crippen LogP contribution in [0.5, 0.6) is 0 Å². The topological polar surface area (TPSA) is 30.6 Å². The van der Waals surface area contributed by atoms with E-state index in [0.717, 1.165) is 34.1 Å². The van der Waals surface area contributed by atoms with Gasteiger partial charge in [-0.1, -0.05) is 243 Å². The molecule has 0 amide bonds. The van der Waals surface area contributed by atoms with Crippen LogP contribution in [0.3, 0.4) is 0 Å². The van der Waals surface area contributed by atoms with E-state index in [2.05, 4.69) is 451 Å². The summed E-state index contributed by atoms with van der Waals surface area (Å²) >= 11 is 0. The molecule has 8 nitrogen and oxygen atoms in total. The van der Waals surface area contributed by atoms with Crippen molar-refractivity contribution in [3.63, 3.8) is 0 Å². The van der Waals surface area contributed by atoms with Gasteiger partial charge >= 0.3 is 0 Å². The van der Waals surface area contributed by atoms with E-state index in [-0.39, 0.29) is 0 Å². The third-order valence-corrected chi connectivity index (χ3v) is 25.3. The first-order valence-electron chi connectivity index (χ1n) is 40.7. The molecule has 0 saturated carbocycles. The second-order valence-corrected chi connectivity index (χ2v) is 31.5. The number of nitrogens with zero attached hydrogens (tertiary/aromatic N) is 8. The molecule has 0 spiro atoms. The van der Waals surface area contributed by atoms with Gasteiger partial charge in [-0.2, -0.15) is 0 Å². The van der Waals surface area contributed by atoms with E-state index in [1.54, 1.807) is 0 Å². The molecule has 118 heavy (non-hydrogen) atoms. The number of rotatable bonds is 12. The quantitative estimate of drug-likeness (QED) is 0.122. The Kier molecular flexibility index (Phi) is 14.2. The minimum Gasteiger partial charge on any atom is -0.310 e. The normalized spacial score (nSPS) is 12.2. The van der Waals surface area contributed by atoms with Crippen LogP contribution in [-0.4, -0.2) is 17.6 Å². The fourth-order valence-electron chi connectivity index (χ4n) is 20.4. The van der Waals surface area contributed by atoms with Gasteiger partial charge in [-0.15, -0.1) is 0 Å². The van der Waals surface area contributed by atoms with Gasteiger partial charge in [-0.05, 0) is 183 Å². The number of hydrogen-bond donors (Lipinski definition) is 0. The van der Waals surface area contributed by atoms with Gasteiger partial charge in [-0.25, -0.2) is 0 Å². The molecule has 0 bridgehead atoms.